The lowest BCUT2D eigenvalue weighted by Gasteiger charge is -2.23. The van der Waals surface area contributed by atoms with Crippen LogP contribution in [-0.2, 0) is 0 Å². The van der Waals surface area contributed by atoms with Crippen molar-refractivity contribution in [3.63, 3.8) is 0 Å². The normalized spacial score (nSPS) is 14.3. The average Bonchev–Trinajstić information content (AvgIpc) is 2.76. The van der Waals surface area contributed by atoms with Crippen molar-refractivity contribution in [1.29, 1.82) is 0 Å². The predicted octanol–water partition coefficient (Wildman–Crippen LogP) is 7.50. The van der Waals surface area contributed by atoms with Gasteiger partial charge in [0.15, 0.2) is 0 Å². The number of benzene rings is 2. The molecule has 0 atom stereocenters. The first-order chi connectivity index (χ1) is 14.2. The minimum absolute atomic E-state index is 0.682. The maximum absolute atomic E-state index is 5.83. The van der Waals surface area contributed by atoms with Gasteiger partial charge >= 0.3 is 0 Å². The molecule has 2 aromatic rings. The third-order valence-electron chi connectivity index (χ3n) is 5.80. The summed E-state index contributed by atoms with van der Waals surface area (Å²) in [4.78, 5) is 0. The van der Waals surface area contributed by atoms with Crippen molar-refractivity contribution in [1.82, 2.24) is 0 Å². The van der Waals surface area contributed by atoms with Gasteiger partial charge in [0.05, 0.1) is 19.4 Å². The molecule has 0 saturated heterocycles. The number of hydrogen-bond donors (Lipinski definition) is 0. The van der Waals surface area contributed by atoms with Crippen molar-refractivity contribution in [2.24, 2.45) is 0 Å². The van der Waals surface area contributed by atoms with Crippen LogP contribution in [0, 0.1) is 24.7 Å². The number of hydrogen-bond acceptors (Lipinski definition) is 1. The maximum atomic E-state index is 5.83. The molecule has 0 radical (unpaired) electrons. The summed E-state index contributed by atoms with van der Waals surface area (Å²) in [6, 6.07) is 16.9. The Morgan fingerprint density at radius 1 is 0.862 bits per heavy atom. The first kappa shape index (κ1) is 21.4. The van der Waals surface area contributed by atoms with Crippen molar-refractivity contribution in [3.8, 4) is 17.6 Å². The van der Waals surface area contributed by atoms with E-state index in [1.165, 1.54) is 62.8 Å². The molecule has 0 heterocycles. The summed E-state index contributed by atoms with van der Waals surface area (Å²) in [6.45, 7) is 7.16. The molecule has 2 aromatic carbocycles. The Kier molecular flexibility index (Phi) is 8.57. The standard InChI is InChI=1S/C28H34O/c1-3-4-5-6-7-22-29-28-20-14-25(15-21-28)11-10-24-12-18-27(19-13-24)26-16-8-23(2)9-17-26/h12-15,18-21,26H,2-9,16-17,22H2,1H3. The fourth-order valence-electron chi connectivity index (χ4n) is 3.87. The number of ether oxygens (including phenoxy) is 1. The van der Waals surface area contributed by atoms with Crippen LogP contribution >= 0.6 is 0 Å². The van der Waals surface area contributed by atoms with Crippen LogP contribution in [0.15, 0.2) is 48.5 Å². The Morgan fingerprint density at radius 2 is 1.45 bits per heavy atom. The molecule has 0 aromatic heterocycles. The van der Waals surface area contributed by atoms with Gasteiger partial charge in [-0.1, -0.05) is 62.5 Å². The molecule has 0 bridgehead atoms. The van der Waals surface area contributed by atoms with Gasteiger partial charge in [-0.15, -0.1) is 6.92 Å². The van der Waals surface area contributed by atoms with Crippen LogP contribution in [-0.4, -0.2) is 6.61 Å². The van der Waals surface area contributed by atoms with Crippen LogP contribution in [0.25, 0.3) is 0 Å². The Labute approximate surface area is 177 Å². The molecule has 29 heavy (non-hydrogen) atoms. The molecule has 1 aliphatic rings. The minimum atomic E-state index is 0.682. The van der Waals surface area contributed by atoms with E-state index in [4.69, 9.17) is 4.74 Å². The van der Waals surface area contributed by atoms with Gasteiger partial charge in [0.1, 0.15) is 5.75 Å². The molecule has 0 unspecified atom stereocenters. The minimum Gasteiger partial charge on any atom is -0.494 e. The van der Waals surface area contributed by atoms with E-state index >= 15 is 0 Å². The molecule has 0 aliphatic heterocycles. The molecule has 3 rings (SSSR count). The third-order valence-corrected chi connectivity index (χ3v) is 5.80. The van der Waals surface area contributed by atoms with E-state index in [1.807, 2.05) is 24.3 Å². The Morgan fingerprint density at radius 3 is 2.07 bits per heavy atom. The lowest BCUT2D eigenvalue weighted by molar-refractivity contribution is 0.304. The topological polar surface area (TPSA) is 9.23 Å². The van der Waals surface area contributed by atoms with Crippen LogP contribution in [0.4, 0.5) is 0 Å². The monoisotopic (exact) mass is 386 g/mol. The van der Waals surface area contributed by atoms with Crippen molar-refractivity contribution in [2.45, 2.75) is 70.6 Å². The van der Waals surface area contributed by atoms with Crippen LogP contribution in [0.3, 0.4) is 0 Å². The van der Waals surface area contributed by atoms with Gasteiger partial charge in [0, 0.05) is 11.1 Å². The van der Waals surface area contributed by atoms with Crippen molar-refractivity contribution in [3.05, 3.63) is 78.1 Å². The van der Waals surface area contributed by atoms with Crippen LogP contribution in [0.2, 0.25) is 0 Å². The summed E-state index contributed by atoms with van der Waals surface area (Å²) in [5.74, 6) is 9.58. The molecule has 1 saturated carbocycles. The summed E-state index contributed by atoms with van der Waals surface area (Å²) in [5, 5.41) is 0. The lowest BCUT2D eigenvalue weighted by Crippen LogP contribution is -2.09. The Bertz CT molecular complexity index is 768. The van der Waals surface area contributed by atoms with Gasteiger partial charge in [-0.3, -0.25) is 0 Å². The fraction of sp³-hybridized carbons (Fsp3) is 0.429. The maximum Gasteiger partial charge on any atom is 0.119 e. The molecule has 1 heteroatoms. The highest BCUT2D eigenvalue weighted by Gasteiger charge is 2.22. The fourth-order valence-corrected chi connectivity index (χ4v) is 3.87. The van der Waals surface area contributed by atoms with Gasteiger partial charge < -0.3 is 4.74 Å². The molecular weight excluding hydrogens is 352 g/mol. The highest BCUT2D eigenvalue weighted by Crippen LogP contribution is 2.36. The average molecular weight is 387 g/mol. The molecule has 0 amide bonds. The quantitative estimate of drug-likeness (QED) is 0.259. The van der Waals surface area contributed by atoms with Crippen molar-refractivity contribution < 1.29 is 4.74 Å². The molecular formula is C28H34O. The van der Waals surface area contributed by atoms with E-state index in [9.17, 15) is 0 Å². The first-order valence-electron chi connectivity index (χ1n) is 11.3. The lowest BCUT2D eigenvalue weighted by atomic mass is 9.79. The summed E-state index contributed by atoms with van der Waals surface area (Å²) in [6.07, 6.45) is 11.1. The summed E-state index contributed by atoms with van der Waals surface area (Å²) < 4.78 is 5.83. The second-order valence-corrected chi connectivity index (χ2v) is 8.18. The molecule has 152 valence electrons. The van der Waals surface area contributed by atoms with Gasteiger partial charge in [-0.2, -0.15) is 0 Å². The number of unbranched alkanes of at least 4 members (excludes halogenated alkanes) is 4. The van der Waals surface area contributed by atoms with E-state index in [1.54, 1.807) is 0 Å². The van der Waals surface area contributed by atoms with Crippen LogP contribution < -0.4 is 4.74 Å². The summed E-state index contributed by atoms with van der Waals surface area (Å²) >= 11 is 0. The van der Waals surface area contributed by atoms with Crippen molar-refractivity contribution >= 4 is 0 Å². The third kappa shape index (κ3) is 7.21. The summed E-state index contributed by atoms with van der Waals surface area (Å²) in [7, 11) is 0. The highest BCUT2D eigenvalue weighted by atomic mass is 16.5. The van der Waals surface area contributed by atoms with E-state index in [0.717, 1.165) is 29.9 Å². The van der Waals surface area contributed by atoms with E-state index in [2.05, 4.69) is 50.0 Å². The second-order valence-electron chi connectivity index (χ2n) is 8.18. The molecule has 0 N–H and O–H groups in total. The highest BCUT2D eigenvalue weighted by molar-refractivity contribution is 5.45. The van der Waals surface area contributed by atoms with Gasteiger partial charge in [0.2, 0.25) is 0 Å². The molecule has 1 aliphatic carbocycles. The predicted molar refractivity (Wildman–Crippen MR) is 123 cm³/mol. The zero-order valence-corrected chi connectivity index (χ0v) is 17.9. The van der Waals surface area contributed by atoms with Gasteiger partial charge in [0.25, 0.3) is 0 Å². The number of rotatable bonds is 8. The summed E-state index contributed by atoms with van der Waals surface area (Å²) in [5.41, 5.74) is 3.54. The molecule has 1 nitrogen and oxygen atoms in total. The van der Waals surface area contributed by atoms with Crippen LogP contribution in [0.1, 0.15) is 87.3 Å². The van der Waals surface area contributed by atoms with E-state index in [0.29, 0.717) is 5.92 Å². The Hall–Kier alpha value is -2.33. The van der Waals surface area contributed by atoms with E-state index in [-0.39, 0.29) is 0 Å². The largest absolute Gasteiger partial charge is 0.494 e. The zero-order chi connectivity index (χ0) is 20.3. The van der Waals surface area contributed by atoms with E-state index < -0.39 is 0 Å². The molecule has 0 spiro atoms. The smallest absolute Gasteiger partial charge is 0.119 e. The van der Waals surface area contributed by atoms with Crippen molar-refractivity contribution in [2.75, 3.05) is 6.61 Å². The van der Waals surface area contributed by atoms with Crippen LogP contribution in [0.5, 0.6) is 5.75 Å². The van der Waals surface area contributed by atoms with Gasteiger partial charge in [-0.25, -0.2) is 0 Å². The Balaban J connectivity index is 1.47. The van der Waals surface area contributed by atoms with Gasteiger partial charge in [-0.05, 0) is 67.1 Å². The SMILES string of the molecule is [CH2-][C+]1CCC(c2ccc(C#Cc3ccc(OCCCCCCC)cc3)cc2)CC1. The second kappa shape index (κ2) is 11.6. The first-order valence-corrected chi connectivity index (χ1v) is 11.3. The molecule has 1 fully saturated rings. The zero-order valence-electron chi connectivity index (χ0n) is 17.9.